The lowest BCUT2D eigenvalue weighted by atomic mass is 9.49. The highest BCUT2D eigenvalue weighted by Crippen LogP contribution is 2.57. The molecule has 0 spiro atoms. The highest BCUT2D eigenvalue weighted by molar-refractivity contribution is 5.94. The van der Waals surface area contributed by atoms with Crippen LogP contribution < -0.4 is 15.5 Å². The topological polar surface area (TPSA) is 107 Å². The van der Waals surface area contributed by atoms with Crippen molar-refractivity contribution in [3.8, 4) is 0 Å². The molecule has 3 N–H and O–H groups in total. The summed E-state index contributed by atoms with van der Waals surface area (Å²) >= 11 is 0. The summed E-state index contributed by atoms with van der Waals surface area (Å²) in [6.07, 6.45) is 7.19. The average molecular weight is 494 g/mol. The van der Waals surface area contributed by atoms with E-state index in [4.69, 9.17) is 0 Å². The molecule has 0 aromatic carbocycles. The van der Waals surface area contributed by atoms with E-state index in [1.807, 2.05) is 12.1 Å². The monoisotopic (exact) mass is 493 g/mol. The maximum Gasteiger partial charge on any atom is 0.270 e. The average Bonchev–Trinajstić information content (AvgIpc) is 3.32. The summed E-state index contributed by atoms with van der Waals surface area (Å²) in [5.41, 5.74) is -0.383. The van der Waals surface area contributed by atoms with Gasteiger partial charge in [0.1, 0.15) is 17.2 Å². The number of aliphatic hydroxyl groups is 1. The molecule has 3 heterocycles. The van der Waals surface area contributed by atoms with E-state index >= 15 is 0 Å². The van der Waals surface area contributed by atoms with Crippen molar-refractivity contribution in [3.05, 3.63) is 53.7 Å². The van der Waals surface area contributed by atoms with E-state index in [1.54, 1.807) is 6.07 Å². The van der Waals surface area contributed by atoms with Crippen molar-refractivity contribution in [3.63, 3.8) is 0 Å². The van der Waals surface area contributed by atoms with Crippen LogP contribution in [0.1, 0.15) is 72.3 Å². The standard InChI is InChI=1S/C27H32FN5O3/c28-22-7-1-5-20(29-22)24(35)31-26-11-17-10-18(12-26)14-27(13-17,16-26)32-25(36)21-6-2-8-23(30-21)33-9-3-4-19(33)15-34/h1-2,5-8,17-19,34H,3-4,9-16H2,(H,31,35)(H,32,36)/t17?,18?,19-,26?,27?/m0/s1. The molecule has 3 atom stereocenters. The van der Waals surface area contributed by atoms with Crippen molar-refractivity contribution in [1.82, 2.24) is 20.6 Å². The first-order valence-corrected chi connectivity index (χ1v) is 13.0. The molecule has 4 saturated carbocycles. The Bertz CT molecular complexity index is 1180. The largest absolute Gasteiger partial charge is 0.394 e. The molecule has 2 aromatic heterocycles. The number of carbonyl (C=O) groups excluding carboxylic acids is 2. The van der Waals surface area contributed by atoms with Gasteiger partial charge in [0.05, 0.1) is 12.6 Å². The second-order valence-corrected chi connectivity index (χ2v) is 11.3. The Labute approximate surface area is 209 Å². The van der Waals surface area contributed by atoms with Gasteiger partial charge in [0.25, 0.3) is 11.8 Å². The molecule has 1 saturated heterocycles. The van der Waals surface area contributed by atoms with Crippen LogP contribution in [0, 0.1) is 17.8 Å². The first-order valence-electron chi connectivity index (χ1n) is 13.0. The van der Waals surface area contributed by atoms with E-state index < -0.39 is 17.0 Å². The predicted molar refractivity (Wildman–Crippen MR) is 131 cm³/mol. The third-order valence-corrected chi connectivity index (χ3v) is 8.62. The molecule has 5 fully saturated rings. The Balaban J connectivity index is 1.21. The summed E-state index contributed by atoms with van der Waals surface area (Å²) in [4.78, 5) is 36.9. The number of aliphatic hydroxyl groups excluding tert-OH is 1. The summed E-state index contributed by atoms with van der Waals surface area (Å²) in [5.74, 6) is 0.313. The van der Waals surface area contributed by atoms with E-state index in [2.05, 4.69) is 25.5 Å². The molecule has 4 bridgehead atoms. The van der Waals surface area contributed by atoms with Gasteiger partial charge in [0.15, 0.2) is 0 Å². The van der Waals surface area contributed by atoms with Gasteiger partial charge in [-0.3, -0.25) is 9.59 Å². The van der Waals surface area contributed by atoms with Crippen molar-refractivity contribution < 1.29 is 19.1 Å². The van der Waals surface area contributed by atoms with Crippen molar-refractivity contribution in [2.45, 2.75) is 68.5 Å². The number of hydrogen-bond acceptors (Lipinski definition) is 6. The number of hydrogen-bond donors (Lipinski definition) is 3. The zero-order chi connectivity index (χ0) is 24.9. The van der Waals surface area contributed by atoms with Crippen LogP contribution >= 0.6 is 0 Å². The van der Waals surface area contributed by atoms with E-state index in [1.165, 1.54) is 18.2 Å². The number of aromatic nitrogens is 2. The Morgan fingerprint density at radius 2 is 1.58 bits per heavy atom. The lowest BCUT2D eigenvalue weighted by Crippen LogP contribution is -2.70. The summed E-state index contributed by atoms with van der Waals surface area (Å²) in [7, 11) is 0. The van der Waals surface area contributed by atoms with E-state index in [9.17, 15) is 19.1 Å². The third-order valence-electron chi connectivity index (χ3n) is 8.62. The third kappa shape index (κ3) is 4.23. The second kappa shape index (κ2) is 8.80. The second-order valence-electron chi connectivity index (χ2n) is 11.3. The molecule has 2 unspecified atom stereocenters. The fraction of sp³-hybridized carbons (Fsp3) is 0.556. The normalized spacial score (nSPS) is 32.5. The van der Waals surface area contributed by atoms with Crippen molar-refractivity contribution in [2.24, 2.45) is 11.8 Å². The molecule has 9 heteroatoms. The van der Waals surface area contributed by atoms with Gasteiger partial charge in [-0.25, -0.2) is 9.97 Å². The van der Waals surface area contributed by atoms with Gasteiger partial charge < -0.3 is 20.6 Å². The predicted octanol–water partition coefficient (Wildman–Crippen LogP) is 2.83. The van der Waals surface area contributed by atoms with Crippen LogP contribution in [0.4, 0.5) is 10.2 Å². The van der Waals surface area contributed by atoms with Crippen LogP contribution in [0.2, 0.25) is 0 Å². The quantitative estimate of drug-likeness (QED) is 0.535. The zero-order valence-corrected chi connectivity index (χ0v) is 20.3. The zero-order valence-electron chi connectivity index (χ0n) is 20.3. The Kier molecular flexibility index (Phi) is 5.70. The molecule has 1 aliphatic heterocycles. The molecule has 190 valence electrons. The number of nitrogens with one attached hydrogen (secondary N) is 2. The molecule has 36 heavy (non-hydrogen) atoms. The molecule has 0 radical (unpaired) electrons. The fourth-order valence-corrected chi connectivity index (χ4v) is 7.74. The van der Waals surface area contributed by atoms with Crippen molar-refractivity contribution in [1.29, 1.82) is 0 Å². The molecule has 4 aliphatic carbocycles. The number of rotatable bonds is 6. The molecule has 2 amide bonds. The molecule has 5 aliphatic rings. The molecule has 2 aromatic rings. The highest BCUT2D eigenvalue weighted by Gasteiger charge is 2.59. The first kappa shape index (κ1) is 23.3. The number of halogens is 1. The van der Waals surface area contributed by atoms with Crippen molar-refractivity contribution >= 4 is 17.6 Å². The minimum atomic E-state index is -0.675. The minimum absolute atomic E-state index is 0.0370. The number of nitrogens with zero attached hydrogens (tertiary/aromatic N) is 3. The van der Waals surface area contributed by atoms with Gasteiger partial charge in [-0.15, -0.1) is 0 Å². The van der Waals surface area contributed by atoms with E-state index in [-0.39, 0.29) is 30.2 Å². The Morgan fingerprint density at radius 1 is 0.972 bits per heavy atom. The summed E-state index contributed by atoms with van der Waals surface area (Å²) in [6.45, 7) is 0.891. The van der Waals surface area contributed by atoms with Gasteiger partial charge >= 0.3 is 0 Å². The van der Waals surface area contributed by atoms with Crippen LogP contribution in [-0.4, -0.2) is 57.2 Å². The van der Waals surface area contributed by atoms with Gasteiger partial charge in [-0.05, 0) is 87.5 Å². The maximum absolute atomic E-state index is 13.6. The van der Waals surface area contributed by atoms with Crippen LogP contribution in [0.3, 0.4) is 0 Å². The van der Waals surface area contributed by atoms with Gasteiger partial charge in [0, 0.05) is 17.6 Å². The van der Waals surface area contributed by atoms with Crippen molar-refractivity contribution in [2.75, 3.05) is 18.1 Å². The molecular formula is C27H32FN5O3. The summed E-state index contributed by atoms with van der Waals surface area (Å²) in [6, 6.07) is 9.74. The van der Waals surface area contributed by atoms with E-state index in [0.717, 1.165) is 57.3 Å². The summed E-state index contributed by atoms with van der Waals surface area (Å²) in [5, 5.41) is 16.2. The van der Waals surface area contributed by atoms with Gasteiger partial charge in [0.2, 0.25) is 5.95 Å². The van der Waals surface area contributed by atoms with E-state index in [0.29, 0.717) is 24.0 Å². The van der Waals surface area contributed by atoms with Crippen LogP contribution in [0.5, 0.6) is 0 Å². The number of amides is 2. The lowest BCUT2D eigenvalue weighted by molar-refractivity contribution is -0.0449. The molecule has 8 nitrogen and oxygen atoms in total. The van der Waals surface area contributed by atoms with Crippen LogP contribution in [0.15, 0.2) is 36.4 Å². The molecule has 7 rings (SSSR count). The highest BCUT2D eigenvalue weighted by atomic mass is 19.1. The number of anilines is 1. The molecular weight excluding hydrogens is 461 g/mol. The van der Waals surface area contributed by atoms with Crippen LogP contribution in [0.25, 0.3) is 0 Å². The summed E-state index contributed by atoms with van der Waals surface area (Å²) < 4.78 is 13.6. The van der Waals surface area contributed by atoms with Crippen LogP contribution in [-0.2, 0) is 0 Å². The Hall–Kier alpha value is -3.07. The first-order chi connectivity index (χ1) is 17.4. The van der Waals surface area contributed by atoms with Gasteiger partial charge in [-0.2, -0.15) is 4.39 Å². The smallest absolute Gasteiger partial charge is 0.270 e. The minimum Gasteiger partial charge on any atom is -0.394 e. The number of pyridine rings is 2. The van der Waals surface area contributed by atoms with Gasteiger partial charge in [-0.1, -0.05) is 12.1 Å². The SMILES string of the molecule is O=C(NC12CC3CC(C1)CC(NC(=O)c1cccc(N4CCC[C@H]4CO)n1)(C3)C2)c1cccc(F)n1. The Morgan fingerprint density at radius 3 is 2.19 bits per heavy atom. The number of carbonyl (C=O) groups is 2. The fourth-order valence-electron chi connectivity index (χ4n) is 7.74. The maximum atomic E-state index is 13.6. The lowest BCUT2D eigenvalue weighted by Gasteiger charge is -2.62.